The van der Waals surface area contributed by atoms with Crippen LogP contribution in [0.25, 0.3) is 0 Å². The molecule has 4 heteroatoms. The smallest absolute Gasteiger partial charge is 0.119 e. The molecule has 2 heterocycles. The van der Waals surface area contributed by atoms with Crippen molar-refractivity contribution >= 4 is 11.3 Å². The van der Waals surface area contributed by atoms with Gasteiger partial charge in [-0.2, -0.15) is 0 Å². The van der Waals surface area contributed by atoms with Gasteiger partial charge in [-0.25, -0.2) is 4.98 Å². The number of nitrogens with zero attached hydrogens (tertiary/aromatic N) is 2. The van der Waals surface area contributed by atoms with Crippen LogP contribution in [0.3, 0.4) is 0 Å². The fraction of sp³-hybridized carbons (Fsp3) is 0.526. The van der Waals surface area contributed by atoms with E-state index in [-0.39, 0.29) is 0 Å². The molecule has 0 amide bonds. The van der Waals surface area contributed by atoms with E-state index in [1.165, 1.54) is 21.1 Å². The zero-order chi connectivity index (χ0) is 16.2. The minimum absolute atomic E-state index is 0.359. The highest BCUT2D eigenvalue weighted by Crippen LogP contribution is 2.21. The van der Waals surface area contributed by atoms with Crippen LogP contribution in [0.2, 0.25) is 0 Å². The highest BCUT2D eigenvalue weighted by Gasteiger charge is 2.20. The van der Waals surface area contributed by atoms with E-state index in [4.69, 9.17) is 4.74 Å². The molecule has 1 aliphatic rings. The third kappa shape index (κ3) is 4.55. The van der Waals surface area contributed by atoms with E-state index in [2.05, 4.69) is 54.9 Å². The first-order chi connectivity index (χ1) is 11.1. The largest absolute Gasteiger partial charge is 0.490 e. The van der Waals surface area contributed by atoms with Gasteiger partial charge in [-0.15, -0.1) is 11.3 Å². The number of ether oxygens (including phenoxy) is 1. The van der Waals surface area contributed by atoms with Crippen molar-refractivity contribution in [3.63, 3.8) is 0 Å². The lowest BCUT2D eigenvalue weighted by atomic mass is 10.1. The van der Waals surface area contributed by atoms with Crippen molar-refractivity contribution in [2.45, 2.75) is 46.1 Å². The quantitative estimate of drug-likeness (QED) is 0.823. The van der Waals surface area contributed by atoms with E-state index in [9.17, 15) is 0 Å². The highest BCUT2D eigenvalue weighted by atomic mass is 32.1. The summed E-state index contributed by atoms with van der Waals surface area (Å²) in [6, 6.07) is 8.38. The van der Waals surface area contributed by atoms with Gasteiger partial charge in [-0.1, -0.05) is 17.7 Å². The van der Waals surface area contributed by atoms with Gasteiger partial charge in [0.05, 0.1) is 10.7 Å². The molecule has 3 nitrogen and oxygen atoms in total. The Hall–Kier alpha value is -1.39. The standard InChI is InChI=1S/C19H26N2OS/c1-14-4-6-17(7-5-14)22-18-8-11-21(12-9-18)13-10-19-15(2)23-16(3)20-19/h4-7,18H,8-13H2,1-3H3. The van der Waals surface area contributed by atoms with E-state index in [0.717, 1.165) is 44.6 Å². The molecule has 0 radical (unpaired) electrons. The number of aromatic nitrogens is 1. The van der Waals surface area contributed by atoms with Gasteiger partial charge in [0.15, 0.2) is 0 Å². The summed E-state index contributed by atoms with van der Waals surface area (Å²) >= 11 is 1.81. The molecule has 0 unspecified atom stereocenters. The number of likely N-dealkylation sites (tertiary alicyclic amines) is 1. The van der Waals surface area contributed by atoms with Crippen LogP contribution in [0.15, 0.2) is 24.3 Å². The van der Waals surface area contributed by atoms with E-state index in [0.29, 0.717) is 6.10 Å². The molecule has 0 saturated carbocycles. The minimum atomic E-state index is 0.359. The van der Waals surface area contributed by atoms with Crippen LogP contribution in [0, 0.1) is 20.8 Å². The number of hydrogen-bond acceptors (Lipinski definition) is 4. The summed E-state index contributed by atoms with van der Waals surface area (Å²) < 4.78 is 6.11. The van der Waals surface area contributed by atoms with Gasteiger partial charge < -0.3 is 9.64 Å². The van der Waals surface area contributed by atoms with Crippen molar-refractivity contribution in [3.8, 4) is 5.75 Å². The van der Waals surface area contributed by atoms with Gasteiger partial charge >= 0.3 is 0 Å². The SMILES string of the molecule is Cc1ccc(OC2CCN(CCc3nc(C)sc3C)CC2)cc1. The van der Waals surface area contributed by atoms with E-state index >= 15 is 0 Å². The maximum Gasteiger partial charge on any atom is 0.119 e. The molecule has 1 fully saturated rings. The zero-order valence-corrected chi connectivity index (χ0v) is 15.2. The van der Waals surface area contributed by atoms with E-state index in [1.807, 2.05) is 11.3 Å². The summed E-state index contributed by atoms with van der Waals surface area (Å²) in [4.78, 5) is 8.56. The van der Waals surface area contributed by atoms with Crippen molar-refractivity contribution < 1.29 is 4.74 Å². The van der Waals surface area contributed by atoms with Crippen molar-refractivity contribution in [3.05, 3.63) is 45.4 Å². The normalized spacial score (nSPS) is 16.7. The summed E-state index contributed by atoms with van der Waals surface area (Å²) in [5.41, 5.74) is 2.56. The van der Waals surface area contributed by atoms with Crippen LogP contribution in [-0.2, 0) is 6.42 Å². The second-order valence-electron chi connectivity index (χ2n) is 6.46. The Morgan fingerprint density at radius 3 is 2.43 bits per heavy atom. The zero-order valence-electron chi connectivity index (χ0n) is 14.3. The Balaban J connectivity index is 1.43. The molecule has 1 aromatic carbocycles. The predicted octanol–water partition coefficient (Wildman–Crippen LogP) is 4.15. The summed E-state index contributed by atoms with van der Waals surface area (Å²) in [6.45, 7) is 9.74. The average Bonchev–Trinajstić information content (AvgIpc) is 2.87. The number of piperidine rings is 1. The van der Waals surface area contributed by atoms with Crippen LogP contribution < -0.4 is 4.74 Å². The molecule has 124 valence electrons. The first kappa shape index (κ1) is 16.5. The van der Waals surface area contributed by atoms with Crippen LogP contribution >= 0.6 is 11.3 Å². The van der Waals surface area contributed by atoms with Gasteiger partial charge in [0, 0.05) is 30.9 Å². The minimum Gasteiger partial charge on any atom is -0.490 e. The molecular weight excluding hydrogens is 304 g/mol. The predicted molar refractivity (Wildman–Crippen MR) is 96.6 cm³/mol. The highest BCUT2D eigenvalue weighted by molar-refractivity contribution is 7.11. The Kier molecular flexibility index (Phi) is 5.34. The summed E-state index contributed by atoms with van der Waals surface area (Å²) in [6.07, 6.45) is 3.66. The topological polar surface area (TPSA) is 25.4 Å². The molecule has 1 aliphatic heterocycles. The second kappa shape index (κ2) is 7.45. The Labute approximate surface area is 143 Å². The molecule has 0 spiro atoms. The third-order valence-corrected chi connectivity index (χ3v) is 5.45. The fourth-order valence-corrected chi connectivity index (χ4v) is 3.99. The van der Waals surface area contributed by atoms with Gasteiger partial charge in [0.25, 0.3) is 0 Å². The average molecular weight is 330 g/mol. The van der Waals surface area contributed by atoms with Crippen molar-refractivity contribution in [2.75, 3.05) is 19.6 Å². The monoisotopic (exact) mass is 330 g/mol. The first-order valence-corrected chi connectivity index (χ1v) is 9.30. The van der Waals surface area contributed by atoms with E-state index in [1.54, 1.807) is 0 Å². The Morgan fingerprint density at radius 1 is 1.13 bits per heavy atom. The lowest BCUT2D eigenvalue weighted by molar-refractivity contribution is 0.101. The molecule has 0 bridgehead atoms. The maximum absolute atomic E-state index is 6.11. The van der Waals surface area contributed by atoms with Crippen molar-refractivity contribution in [2.24, 2.45) is 0 Å². The molecule has 0 atom stereocenters. The van der Waals surface area contributed by atoms with Crippen LogP contribution in [0.4, 0.5) is 0 Å². The molecule has 23 heavy (non-hydrogen) atoms. The molecular formula is C19H26N2OS. The summed E-state index contributed by atoms with van der Waals surface area (Å²) in [5, 5.41) is 1.18. The van der Waals surface area contributed by atoms with Gasteiger partial charge in [-0.3, -0.25) is 0 Å². The molecule has 0 N–H and O–H groups in total. The number of benzene rings is 1. The van der Waals surface area contributed by atoms with Crippen LogP contribution in [0.1, 0.15) is 34.0 Å². The van der Waals surface area contributed by atoms with E-state index < -0.39 is 0 Å². The summed E-state index contributed by atoms with van der Waals surface area (Å²) in [7, 11) is 0. The van der Waals surface area contributed by atoms with Crippen molar-refractivity contribution in [1.82, 2.24) is 9.88 Å². The molecule has 3 rings (SSSR count). The lowest BCUT2D eigenvalue weighted by Crippen LogP contribution is -2.39. The van der Waals surface area contributed by atoms with Gasteiger partial charge in [0.2, 0.25) is 0 Å². The number of hydrogen-bond donors (Lipinski definition) is 0. The second-order valence-corrected chi connectivity index (χ2v) is 7.86. The maximum atomic E-state index is 6.11. The lowest BCUT2D eigenvalue weighted by Gasteiger charge is -2.32. The number of thiazole rings is 1. The first-order valence-electron chi connectivity index (χ1n) is 8.49. The summed E-state index contributed by atoms with van der Waals surface area (Å²) in [5.74, 6) is 1.00. The molecule has 0 aliphatic carbocycles. The molecule has 2 aromatic rings. The number of rotatable bonds is 5. The van der Waals surface area contributed by atoms with Gasteiger partial charge in [0.1, 0.15) is 11.9 Å². The number of aryl methyl sites for hydroxylation is 3. The third-order valence-electron chi connectivity index (χ3n) is 4.52. The Bertz CT molecular complexity index is 627. The fourth-order valence-electron chi connectivity index (χ4n) is 3.13. The molecule has 1 saturated heterocycles. The van der Waals surface area contributed by atoms with Crippen molar-refractivity contribution in [1.29, 1.82) is 0 Å². The van der Waals surface area contributed by atoms with Gasteiger partial charge in [-0.05, 0) is 45.7 Å². The Morgan fingerprint density at radius 2 is 1.83 bits per heavy atom. The molecule has 1 aromatic heterocycles. The van der Waals surface area contributed by atoms with Crippen LogP contribution in [0.5, 0.6) is 5.75 Å². The van der Waals surface area contributed by atoms with Crippen LogP contribution in [-0.4, -0.2) is 35.6 Å².